The topological polar surface area (TPSA) is 143 Å². The van der Waals surface area contributed by atoms with Crippen molar-refractivity contribution in [2.45, 2.75) is 170 Å². The molecule has 4 atom stereocenters. The molecule has 2 aromatic carbocycles. The minimum Gasteiger partial charge on any atom is -0.467 e. The second-order valence-corrected chi connectivity index (χ2v) is 23.9. The fraction of sp³-hybridized carbons (Fsp3) is 0.646. The Balaban J connectivity index is 2.26. The molecule has 0 fully saturated rings. The normalized spacial score (nSPS) is 13.9. The van der Waals surface area contributed by atoms with E-state index in [0.717, 1.165) is 30.5 Å². The van der Waals surface area contributed by atoms with Gasteiger partial charge in [0.1, 0.15) is 29.8 Å². The Bertz CT molecular complexity index is 1670. The van der Waals surface area contributed by atoms with Gasteiger partial charge in [0, 0.05) is 13.5 Å². The van der Waals surface area contributed by atoms with Crippen LogP contribution in [0.2, 0.25) is 18.1 Å². The van der Waals surface area contributed by atoms with E-state index in [4.69, 9.17) is 9.47 Å². The van der Waals surface area contributed by atoms with Crippen LogP contribution in [0.25, 0.3) is 0 Å². The Morgan fingerprint density at radius 2 is 1.30 bits per heavy atom. The summed E-state index contributed by atoms with van der Waals surface area (Å²) in [5.74, 6) is -2.32. The van der Waals surface area contributed by atoms with Crippen LogP contribution >= 0.6 is 0 Å². The molecule has 0 spiro atoms. The first-order valence-corrected chi connectivity index (χ1v) is 24.8. The Hall–Kier alpha value is -4.19. The summed E-state index contributed by atoms with van der Waals surface area (Å²) < 4.78 is 10.6. The maximum Gasteiger partial charge on any atom is 0.408 e. The lowest BCUT2D eigenvalue weighted by molar-refractivity contribution is -0.147. The number of carbonyl (C=O) groups excluding carboxylic acids is 5. The highest BCUT2D eigenvalue weighted by molar-refractivity contribution is 6.91. The molecule has 0 saturated carbocycles. The third-order valence-corrected chi connectivity index (χ3v) is 17.0. The highest BCUT2D eigenvalue weighted by Crippen LogP contribution is 2.25. The van der Waals surface area contributed by atoms with Crippen LogP contribution < -0.4 is 21.1 Å². The Morgan fingerprint density at radius 1 is 0.733 bits per heavy atom. The van der Waals surface area contributed by atoms with Crippen LogP contribution in [0.15, 0.2) is 48.5 Å². The van der Waals surface area contributed by atoms with E-state index in [0.29, 0.717) is 12.8 Å². The zero-order valence-electron chi connectivity index (χ0n) is 39.3. The van der Waals surface area contributed by atoms with E-state index >= 15 is 0 Å². The number of carbonyl (C=O) groups is 5. The molecule has 2 aromatic rings. The third-order valence-electron chi connectivity index (χ3n) is 11.4. The molecular weight excluding hydrogens is 773 g/mol. The van der Waals surface area contributed by atoms with Crippen molar-refractivity contribution in [2.24, 2.45) is 17.8 Å². The number of nitrogens with zero attached hydrogens (tertiary/aromatic N) is 1. The summed E-state index contributed by atoms with van der Waals surface area (Å²) in [6, 6.07) is 17.1. The number of hydrogen-bond acceptors (Lipinski definition) is 7. The number of ether oxygens (including phenoxy) is 2. The molecule has 0 unspecified atom stereocenters. The van der Waals surface area contributed by atoms with E-state index in [1.54, 1.807) is 27.8 Å². The van der Waals surface area contributed by atoms with Gasteiger partial charge in [-0.15, -0.1) is 0 Å². The molecule has 12 heteroatoms. The Kier molecular flexibility index (Phi) is 21.0. The number of nitrogens with one attached hydrogen (secondary N) is 3. The largest absolute Gasteiger partial charge is 0.467 e. The fourth-order valence-electron chi connectivity index (χ4n) is 7.72. The first-order chi connectivity index (χ1) is 28.1. The summed E-state index contributed by atoms with van der Waals surface area (Å²) in [7, 11) is 1.10. The van der Waals surface area contributed by atoms with Crippen molar-refractivity contribution < 1.29 is 33.4 Å². The highest BCUT2D eigenvalue weighted by atomic mass is 28.3. The highest BCUT2D eigenvalue weighted by Gasteiger charge is 2.37. The van der Waals surface area contributed by atoms with Crippen LogP contribution in [-0.2, 0) is 41.5 Å². The fourth-order valence-corrected chi connectivity index (χ4v) is 11.8. The zero-order valence-corrected chi connectivity index (χ0v) is 40.3. The number of rotatable bonds is 23. The van der Waals surface area contributed by atoms with Gasteiger partial charge in [-0.05, 0) is 82.3 Å². The number of aryl methyl sites for hydroxylation is 2. The maximum atomic E-state index is 14.2. The predicted molar refractivity (Wildman–Crippen MR) is 245 cm³/mol. The first kappa shape index (κ1) is 51.9. The molecule has 4 amide bonds. The van der Waals surface area contributed by atoms with Crippen molar-refractivity contribution in [3.63, 3.8) is 0 Å². The Morgan fingerprint density at radius 3 is 1.80 bits per heavy atom. The van der Waals surface area contributed by atoms with E-state index in [9.17, 15) is 24.0 Å². The number of likely N-dealkylation sites (N-methyl/N-ethyl adjacent to an activating group) is 1. The van der Waals surface area contributed by atoms with Gasteiger partial charge in [0.15, 0.2) is 0 Å². The van der Waals surface area contributed by atoms with Crippen LogP contribution in [0.1, 0.15) is 119 Å². The average Bonchev–Trinajstić information content (AvgIpc) is 3.17. The average molecular weight is 851 g/mol. The second-order valence-electron chi connectivity index (χ2n) is 18.8. The zero-order chi connectivity index (χ0) is 45.4. The van der Waals surface area contributed by atoms with Crippen LogP contribution in [0.3, 0.4) is 0 Å². The number of esters is 1. The first-order valence-electron chi connectivity index (χ1n) is 22.2. The van der Waals surface area contributed by atoms with Gasteiger partial charge in [-0.1, -0.05) is 139 Å². The molecule has 3 N–H and O–H groups in total. The molecule has 60 heavy (non-hydrogen) atoms. The molecule has 2 rings (SSSR count). The van der Waals surface area contributed by atoms with Crippen molar-refractivity contribution in [2.75, 3.05) is 14.2 Å². The molecule has 0 saturated heterocycles. The smallest absolute Gasteiger partial charge is 0.408 e. The maximum absolute atomic E-state index is 14.2. The summed E-state index contributed by atoms with van der Waals surface area (Å²) in [5, 5.41) is 9.86. The third kappa shape index (κ3) is 16.7. The van der Waals surface area contributed by atoms with Crippen molar-refractivity contribution in [1.82, 2.24) is 20.9 Å². The lowest BCUT2D eigenvalue weighted by atomic mass is 9.97. The number of benzene rings is 2. The van der Waals surface area contributed by atoms with Gasteiger partial charge in [-0.3, -0.25) is 14.4 Å². The molecule has 336 valence electrons. The van der Waals surface area contributed by atoms with E-state index in [2.05, 4.69) is 85.3 Å². The number of hydrogen-bond donors (Lipinski definition) is 3. The van der Waals surface area contributed by atoms with Gasteiger partial charge in [0.2, 0.25) is 17.7 Å². The molecular formula is C48H78N4O7Si. The van der Waals surface area contributed by atoms with E-state index in [-0.39, 0.29) is 24.2 Å². The lowest BCUT2D eigenvalue weighted by Gasteiger charge is -2.34. The van der Waals surface area contributed by atoms with E-state index < -0.39 is 67.6 Å². The van der Waals surface area contributed by atoms with Crippen molar-refractivity contribution in [3.05, 3.63) is 65.2 Å². The van der Waals surface area contributed by atoms with Gasteiger partial charge >= 0.3 is 12.1 Å². The van der Waals surface area contributed by atoms with E-state index in [1.807, 2.05) is 41.5 Å². The molecule has 0 aliphatic heterocycles. The molecule has 0 aromatic heterocycles. The number of amides is 4. The van der Waals surface area contributed by atoms with Crippen molar-refractivity contribution in [3.8, 4) is 0 Å². The second kappa shape index (κ2) is 24.3. The summed E-state index contributed by atoms with van der Waals surface area (Å²) in [6.07, 6.45) is 3.57. The standard InChI is InChI=1S/C48H78N4O7Si/c1-15-60(16-2,28-18-17-19-36-22-20-35(9)21-23-36)38-26-24-37(25-27-38)31-40(46(56)58-14)49-44(54)41(30-33(5)6)52(13)45(55)42(34(7)8)51-43(53)39(29-32(3)4)50-47(57)59-48(10,11)12/h20-27,32-34,39-42H,15-19,28-31H2,1-14H3,(H,49,54)(H,50,57)(H,51,53)/t39-,40-,41-,42-/m0/s1. The SMILES string of the molecule is CC[Si](CC)(CCCCc1ccc(C)cc1)c1ccc(C[C@H](NC(=O)[C@H](CC(C)C)N(C)C(=O)[C@@H](NC(=O)[C@H](CC(C)C)NC(=O)OC(C)(C)C)C(C)C)C(=O)OC)cc1. The van der Waals surface area contributed by atoms with Gasteiger partial charge in [0.25, 0.3) is 0 Å². The van der Waals surface area contributed by atoms with Crippen LogP contribution in [0.5, 0.6) is 0 Å². The van der Waals surface area contributed by atoms with Crippen LogP contribution in [0.4, 0.5) is 4.79 Å². The lowest BCUT2D eigenvalue weighted by Crippen LogP contribution is -2.60. The van der Waals surface area contributed by atoms with Gasteiger partial charge in [-0.2, -0.15) is 0 Å². The predicted octanol–water partition coefficient (Wildman–Crippen LogP) is 7.87. The molecule has 0 bridgehead atoms. The minimum absolute atomic E-state index is 0.0184. The summed E-state index contributed by atoms with van der Waals surface area (Å²) in [6.45, 7) is 23.4. The van der Waals surface area contributed by atoms with Crippen molar-refractivity contribution >= 4 is 43.0 Å². The van der Waals surface area contributed by atoms with Gasteiger partial charge in [-0.25, -0.2) is 9.59 Å². The molecule has 0 radical (unpaired) electrons. The Labute approximate surface area is 362 Å². The molecule has 0 heterocycles. The molecule has 11 nitrogen and oxygen atoms in total. The number of unbranched alkanes of at least 4 members (excludes halogenated alkanes) is 1. The van der Waals surface area contributed by atoms with Gasteiger partial charge < -0.3 is 30.3 Å². The molecule has 0 aliphatic carbocycles. The quantitative estimate of drug-likeness (QED) is 0.0587. The summed E-state index contributed by atoms with van der Waals surface area (Å²) in [5.41, 5.74) is 2.80. The number of alkyl carbamates (subject to hydrolysis) is 1. The minimum atomic E-state index is -1.75. The van der Waals surface area contributed by atoms with E-state index in [1.165, 1.54) is 40.8 Å². The summed E-state index contributed by atoms with van der Waals surface area (Å²) >= 11 is 0. The van der Waals surface area contributed by atoms with Gasteiger partial charge in [0.05, 0.1) is 15.2 Å². The van der Waals surface area contributed by atoms with Crippen molar-refractivity contribution in [1.29, 1.82) is 0 Å². The molecule has 0 aliphatic rings. The number of methoxy groups -OCH3 is 1. The van der Waals surface area contributed by atoms with Crippen LogP contribution in [0, 0.1) is 24.7 Å². The van der Waals surface area contributed by atoms with Crippen LogP contribution in [-0.4, -0.2) is 86.7 Å². The monoisotopic (exact) mass is 851 g/mol. The summed E-state index contributed by atoms with van der Waals surface area (Å²) in [4.78, 5) is 69.3.